The molecule has 134 valence electrons. The first-order valence-corrected chi connectivity index (χ1v) is 9.92. The minimum atomic E-state index is -3.27. The first-order chi connectivity index (χ1) is 10.9. The monoisotopic (exact) mass is 373 g/mol. The first kappa shape index (κ1) is 19.0. The van der Waals surface area contributed by atoms with Crippen molar-refractivity contribution in [3.63, 3.8) is 0 Å². The Morgan fingerprint density at radius 3 is 2.83 bits per heavy atom. The van der Waals surface area contributed by atoms with Crippen molar-refractivity contribution in [1.29, 1.82) is 0 Å². The molecule has 1 aromatic rings. The molecular formula is C16H24ClN3O3S. The van der Waals surface area contributed by atoms with Gasteiger partial charge in [0.15, 0.2) is 0 Å². The standard InChI is InChI=1S/C16H23N3O3S.ClH/c1-23(21,22)19-9-3-4-12-10-13(6-7-15(12)19)16(20)18-11-14-5-2-8-17-14;/h6-7,10,14,17H,2-5,8-9,11H2,1H3,(H,18,20);1H. The molecule has 2 aliphatic heterocycles. The molecule has 0 bridgehead atoms. The van der Waals surface area contributed by atoms with Crippen LogP contribution in [0.5, 0.6) is 0 Å². The fourth-order valence-electron chi connectivity index (χ4n) is 3.30. The third-order valence-corrected chi connectivity index (χ3v) is 5.67. The van der Waals surface area contributed by atoms with Crippen LogP contribution in [0.25, 0.3) is 0 Å². The minimum absolute atomic E-state index is 0. The highest BCUT2D eigenvalue weighted by atomic mass is 35.5. The molecule has 8 heteroatoms. The number of nitrogens with zero attached hydrogens (tertiary/aromatic N) is 1. The summed E-state index contributed by atoms with van der Waals surface area (Å²) in [6.07, 6.45) is 5.04. The van der Waals surface area contributed by atoms with Crippen LogP contribution in [0.1, 0.15) is 35.2 Å². The number of carbonyl (C=O) groups is 1. The molecule has 3 rings (SSSR count). The number of hydrogen-bond acceptors (Lipinski definition) is 4. The molecule has 0 saturated carbocycles. The minimum Gasteiger partial charge on any atom is -0.350 e. The van der Waals surface area contributed by atoms with Gasteiger partial charge in [0.2, 0.25) is 10.0 Å². The second kappa shape index (κ2) is 7.72. The number of amides is 1. The van der Waals surface area contributed by atoms with Gasteiger partial charge in [-0.05, 0) is 56.0 Å². The first-order valence-electron chi connectivity index (χ1n) is 8.07. The second-order valence-corrected chi connectivity index (χ2v) is 8.19. The van der Waals surface area contributed by atoms with Crippen LogP contribution in [0.4, 0.5) is 5.69 Å². The quantitative estimate of drug-likeness (QED) is 0.833. The largest absolute Gasteiger partial charge is 0.350 e. The van der Waals surface area contributed by atoms with Gasteiger partial charge in [0.25, 0.3) is 5.91 Å². The fraction of sp³-hybridized carbons (Fsp3) is 0.562. The Bertz CT molecular complexity index is 703. The summed E-state index contributed by atoms with van der Waals surface area (Å²) in [5.41, 5.74) is 2.22. The summed E-state index contributed by atoms with van der Waals surface area (Å²) < 4.78 is 25.1. The zero-order valence-electron chi connectivity index (χ0n) is 13.7. The number of aryl methyl sites for hydroxylation is 1. The van der Waals surface area contributed by atoms with Crippen LogP contribution in [0, 0.1) is 0 Å². The highest BCUT2D eigenvalue weighted by Crippen LogP contribution is 2.29. The molecule has 2 aliphatic rings. The highest BCUT2D eigenvalue weighted by Gasteiger charge is 2.24. The van der Waals surface area contributed by atoms with E-state index in [0.29, 0.717) is 30.4 Å². The normalized spacial score (nSPS) is 20.2. The average Bonchev–Trinajstić information content (AvgIpc) is 3.04. The summed E-state index contributed by atoms with van der Waals surface area (Å²) in [5.74, 6) is -0.0991. The Morgan fingerprint density at radius 2 is 2.17 bits per heavy atom. The van der Waals surface area contributed by atoms with Crippen molar-refractivity contribution in [2.45, 2.75) is 31.7 Å². The van der Waals surface area contributed by atoms with Gasteiger partial charge in [-0.25, -0.2) is 8.42 Å². The highest BCUT2D eigenvalue weighted by molar-refractivity contribution is 7.92. The number of carbonyl (C=O) groups excluding carboxylic acids is 1. The van der Waals surface area contributed by atoms with Crippen LogP contribution in [0.3, 0.4) is 0 Å². The van der Waals surface area contributed by atoms with E-state index in [2.05, 4.69) is 10.6 Å². The predicted molar refractivity (Wildman–Crippen MR) is 97.6 cm³/mol. The van der Waals surface area contributed by atoms with E-state index in [9.17, 15) is 13.2 Å². The number of fused-ring (bicyclic) bond motifs is 1. The second-order valence-electron chi connectivity index (χ2n) is 6.29. The van der Waals surface area contributed by atoms with Gasteiger partial charge in [-0.2, -0.15) is 0 Å². The molecule has 0 aliphatic carbocycles. The van der Waals surface area contributed by atoms with Gasteiger partial charge in [-0.1, -0.05) is 0 Å². The van der Waals surface area contributed by atoms with E-state index >= 15 is 0 Å². The number of anilines is 1. The lowest BCUT2D eigenvalue weighted by molar-refractivity contribution is 0.0950. The molecule has 2 heterocycles. The summed E-state index contributed by atoms with van der Waals surface area (Å²) in [6.45, 7) is 2.15. The van der Waals surface area contributed by atoms with E-state index in [-0.39, 0.29) is 18.3 Å². The van der Waals surface area contributed by atoms with Gasteiger partial charge in [-0.15, -0.1) is 12.4 Å². The predicted octanol–water partition coefficient (Wildman–Crippen LogP) is 1.30. The maximum atomic E-state index is 12.3. The van der Waals surface area contributed by atoms with Gasteiger partial charge in [0.05, 0.1) is 11.9 Å². The molecule has 1 saturated heterocycles. The lowest BCUT2D eigenvalue weighted by Gasteiger charge is -2.29. The maximum absolute atomic E-state index is 12.3. The van der Waals surface area contributed by atoms with Crippen LogP contribution >= 0.6 is 12.4 Å². The zero-order chi connectivity index (χ0) is 16.4. The lowest BCUT2D eigenvalue weighted by atomic mass is 10.0. The van der Waals surface area contributed by atoms with E-state index in [1.807, 2.05) is 6.07 Å². The van der Waals surface area contributed by atoms with Gasteiger partial charge in [-0.3, -0.25) is 9.10 Å². The summed E-state index contributed by atoms with van der Waals surface area (Å²) in [6, 6.07) is 5.64. The van der Waals surface area contributed by atoms with Gasteiger partial charge >= 0.3 is 0 Å². The van der Waals surface area contributed by atoms with Gasteiger partial charge in [0, 0.05) is 24.7 Å². The van der Waals surface area contributed by atoms with Crippen molar-refractivity contribution in [2.24, 2.45) is 0 Å². The Labute approximate surface area is 149 Å². The van der Waals surface area contributed by atoms with Crippen LogP contribution < -0.4 is 14.9 Å². The van der Waals surface area contributed by atoms with E-state index in [1.165, 1.54) is 10.6 Å². The molecule has 1 aromatic carbocycles. The van der Waals surface area contributed by atoms with E-state index in [0.717, 1.165) is 37.8 Å². The molecule has 0 spiro atoms. The van der Waals surface area contributed by atoms with Crippen LogP contribution in [0.2, 0.25) is 0 Å². The molecule has 1 unspecified atom stereocenters. The van der Waals surface area contributed by atoms with Crippen LogP contribution in [0.15, 0.2) is 18.2 Å². The molecule has 24 heavy (non-hydrogen) atoms. The maximum Gasteiger partial charge on any atom is 0.251 e. The molecule has 1 amide bonds. The lowest BCUT2D eigenvalue weighted by Crippen LogP contribution is -2.37. The molecular weight excluding hydrogens is 350 g/mol. The van der Waals surface area contributed by atoms with Crippen LogP contribution in [-0.2, 0) is 16.4 Å². The summed E-state index contributed by atoms with van der Waals surface area (Å²) in [7, 11) is -3.27. The Morgan fingerprint density at radius 1 is 1.38 bits per heavy atom. The summed E-state index contributed by atoms with van der Waals surface area (Å²) in [5, 5.41) is 6.30. The Kier molecular flexibility index (Phi) is 6.11. The van der Waals surface area contributed by atoms with Gasteiger partial charge in [0.1, 0.15) is 0 Å². The van der Waals surface area contributed by atoms with Crippen molar-refractivity contribution in [3.8, 4) is 0 Å². The molecule has 1 atom stereocenters. The molecule has 0 radical (unpaired) electrons. The SMILES string of the molecule is CS(=O)(=O)N1CCCc2cc(C(=O)NCC3CCCN3)ccc21.Cl. The molecule has 2 N–H and O–H groups in total. The van der Waals surface area contributed by atoms with E-state index in [1.54, 1.807) is 12.1 Å². The van der Waals surface area contributed by atoms with Crippen LogP contribution in [-0.4, -0.2) is 46.3 Å². The Hall–Kier alpha value is -1.31. The number of halogens is 1. The summed E-state index contributed by atoms with van der Waals surface area (Å²) >= 11 is 0. The topological polar surface area (TPSA) is 78.5 Å². The number of nitrogens with one attached hydrogen (secondary N) is 2. The molecule has 1 fully saturated rings. The van der Waals surface area contributed by atoms with E-state index < -0.39 is 10.0 Å². The van der Waals surface area contributed by atoms with Crippen molar-refractivity contribution in [1.82, 2.24) is 10.6 Å². The number of benzene rings is 1. The Balaban J connectivity index is 0.00000208. The molecule has 0 aromatic heterocycles. The van der Waals surface area contributed by atoms with E-state index in [4.69, 9.17) is 0 Å². The fourth-order valence-corrected chi connectivity index (χ4v) is 4.29. The number of rotatable bonds is 4. The van der Waals surface area contributed by atoms with Crippen molar-refractivity contribution in [2.75, 3.05) is 30.2 Å². The smallest absolute Gasteiger partial charge is 0.251 e. The third kappa shape index (κ3) is 4.20. The molecule has 6 nitrogen and oxygen atoms in total. The van der Waals surface area contributed by atoms with Gasteiger partial charge < -0.3 is 10.6 Å². The third-order valence-electron chi connectivity index (χ3n) is 4.49. The van der Waals surface area contributed by atoms with Crippen molar-refractivity contribution >= 4 is 34.0 Å². The number of sulfonamides is 1. The average molecular weight is 374 g/mol. The van der Waals surface area contributed by atoms with Crippen molar-refractivity contribution in [3.05, 3.63) is 29.3 Å². The zero-order valence-corrected chi connectivity index (χ0v) is 15.4. The summed E-state index contributed by atoms with van der Waals surface area (Å²) in [4.78, 5) is 12.3. The van der Waals surface area contributed by atoms with Crippen molar-refractivity contribution < 1.29 is 13.2 Å². The number of hydrogen-bond donors (Lipinski definition) is 2.